The van der Waals surface area contributed by atoms with E-state index in [-0.39, 0.29) is 12.0 Å². The molecule has 2 heterocycles. The summed E-state index contributed by atoms with van der Waals surface area (Å²) in [5, 5.41) is 17.7. The third kappa shape index (κ3) is 3.64. The van der Waals surface area contributed by atoms with E-state index in [0.717, 1.165) is 18.7 Å². The number of carbonyl (C=O) groups excluding carboxylic acids is 1. The lowest BCUT2D eigenvalue weighted by molar-refractivity contribution is -0.134. The summed E-state index contributed by atoms with van der Waals surface area (Å²) < 4.78 is 5.68. The molecule has 0 aromatic carbocycles. The van der Waals surface area contributed by atoms with Gasteiger partial charge in [-0.1, -0.05) is 6.42 Å². The molecule has 7 nitrogen and oxygen atoms in total. The second-order valence-electron chi connectivity index (χ2n) is 6.45. The number of aliphatic hydroxyl groups excluding tert-OH is 1. The van der Waals surface area contributed by atoms with E-state index in [1.165, 1.54) is 6.42 Å². The van der Waals surface area contributed by atoms with E-state index in [9.17, 15) is 9.90 Å². The Balaban J connectivity index is 1.46. The van der Waals surface area contributed by atoms with Gasteiger partial charge < -0.3 is 14.4 Å². The van der Waals surface area contributed by atoms with Gasteiger partial charge in [-0.2, -0.15) is 0 Å². The number of nitrogens with zero attached hydrogens (tertiary/aromatic N) is 4. The number of likely N-dealkylation sites (tertiary alicyclic amines) is 1. The lowest BCUT2D eigenvalue weighted by Gasteiger charge is -2.30. The number of carbonyl (C=O) groups is 1. The Morgan fingerprint density at radius 3 is 2.68 bits per heavy atom. The van der Waals surface area contributed by atoms with Gasteiger partial charge in [-0.05, 0) is 32.7 Å². The fraction of sp³-hybridized carbons (Fsp3) is 0.800. The van der Waals surface area contributed by atoms with E-state index >= 15 is 0 Å². The highest BCUT2D eigenvalue weighted by Gasteiger charge is 2.26. The van der Waals surface area contributed by atoms with E-state index in [1.54, 1.807) is 0 Å². The first-order valence-electron chi connectivity index (χ1n) is 8.08. The standard InChI is InChI=1S/C15H24N4O3/c1-18(10-14(21)19-7-5-12(20)6-8-19)9-13-16-17-15(22-13)11-3-2-4-11/h11-12,20H,2-10H2,1H3. The first-order valence-corrected chi connectivity index (χ1v) is 8.08. The molecular weight excluding hydrogens is 284 g/mol. The molecule has 1 aromatic rings. The Morgan fingerprint density at radius 2 is 2.05 bits per heavy atom. The molecule has 1 aromatic heterocycles. The zero-order valence-electron chi connectivity index (χ0n) is 13.1. The van der Waals surface area contributed by atoms with Gasteiger partial charge in [-0.3, -0.25) is 9.69 Å². The van der Waals surface area contributed by atoms with Gasteiger partial charge in [-0.15, -0.1) is 10.2 Å². The second-order valence-corrected chi connectivity index (χ2v) is 6.45. The molecule has 1 saturated carbocycles. The summed E-state index contributed by atoms with van der Waals surface area (Å²) in [6.07, 6.45) is 4.59. The second kappa shape index (κ2) is 6.75. The number of rotatable bonds is 5. The van der Waals surface area contributed by atoms with Crippen LogP contribution in [-0.2, 0) is 11.3 Å². The van der Waals surface area contributed by atoms with Gasteiger partial charge in [0.05, 0.1) is 19.2 Å². The Morgan fingerprint density at radius 1 is 1.32 bits per heavy atom. The quantitative estimate of drug-likeness (QED) is 0.864. The monoisotopic (exact) mass is 308 g/mol. The van der Waals surface area contributed by atoms with Gasteiger partial charge in [0, 0.05) is 19.0 Å². The molecule has 1 amide bonds. The third-order valence-corrected chi connectivity index (χ3v) is 4.56. The summed E-state index contributed by atoms with van der Waals surface area (Å²) in [4.78, 5) is 15.9. The van der Waals surface area contributed by atoms with E-state index in [4.69, 9.17) is 4.42 Å². The summed E-state index contributed by atoms with van der Waals surface area (Å²) in [5.41, 5.74) is 0. The third-order valence-electron chi connectivity index (χ3n) is 4.56. The number of aromatic nitrogens is 2. The lowest BCUT2D eigenvalue weighted by Crippen LogP contribution is -2.44. The van der Waals surface area contributed by atoms with Crippen LogP contribution in [-0.4, -0.2) is 63.8 Å². The highest BCUT2D eigenvalue weighted by molar-refractivity contribution is 5.78. The van der Waals surface area contributed by atoms with Crippen LogP contribution in [0.5, 0.6) is 0 Å². The van der Waals surface area contributed by atoms with E-state index < -0.39 is 0 Å². The van der Waals surface area contributed by atoms with Crippen molar-refractivity contribution in [1.82, 2.24) is 20.0 Å². The smallest absolute Gasteiger partial charge is 0.236 e. The molecule has 0 atom stereocenters. The Bertz CT molecular complexity index is 507. The average Bonchev–Trinajstić information content (AvgIpc) is 2.85. The number of amides is 1. The summed E-state index contributed by atoms with van der Waals surface area (Å²) in [6.45, 7) is 2.10. The maximum atomic E-state index is 12.2. The minimum Gasteiger partial charge on any atom is -0.424 e. The van der Waals surface area contributed by atoms with Crippen LogP contribution in [0.4, 0.5) is 0 Å². The fourth-order valence-corrected chi connectivity index (χ4v) is 2.88. The minimum atomic E-state index is -0.259. The van der Waals surface area contributed by atoms with Crippen LogP contribution in [0.2, 0.25) is 0 Å². The normalized spacial score (nSPS) is 20.4. The lowest BCUT2D eigenvalue weighted by atomic mass is 9.85. The molecule has 0 unspecified atom stereocenters. The summed E-state index contributed by atoms with van der Waals surface area (Å²) in [7, 11) is 1.88. The van der Waals surface area contributed by atoms with Crippen molar-refractivity contribution >= 4 is 5.91 Å². The molecule has 122 valence electrons. The highest BCUT2D eigenvalue weighted by Crippen LogP contribution is 2.35. The number of piperidine rings is 1. The van der Waals surface area contributed by atoms with Gasteiger partial charge >= 0.3 is 0 Å². The van der Waals surface area contributed by atoms with Crippen LogP contribution < -0.4 is 0 Å². The SMILES string of the molecule is CN(CC(=O)N1CCC(O)CC1)Cc1nnc(C2CCC2)o1. The van der Waals surface area contributed by atoms with Crippen molar-refractivity contribution in [3.8, 4) is 0 Å². The molecule has 2 fully saturated rings. The zero-order chi connectivity index (χ0) is 15.5. The first-order chi connectivity index (χ1) is 10.6. The van der Waals surface area contributed by atoms with Gasteiger partial charge in [-0.25, -0.2) is 0 Å². The molecule has 1 aliphatic carbocycles. The maximum absolute atomic E-state index is 12.2. The van der Waals surface area contributed by atoms with E-state index in [2.05, 4.69) is 10.2 Å². The van der Waals surface area contributed by atoms with Crippen LogP contribution >= 0.6 is 0 Å². The molecule has 22 heavy (non-hydrogen) atoms. The number of hydrogen-bond acceptors (Lipinski definition) is 6. The van der Waals surface area contributed by atoms with Gasteiger partial charge in [0.15, 0.2) is 0 Å². The average molecular weight is 308 g/mol. The largest absolute Gasteiger partial charge is 0.424 e. The van der Waals surface area contributed by atoms with Crippen LogP contribution in [0, 0.1) is 0 Å². The van der Waals surface area contributed by atoms with Crippen molar-refractivity contribution in [2.45, 2.75) is 50.7 Å². The van der Waals surface area contributed by atoms with Crippen molar-refractivity contribution < 1.29 is 14.3 Å². The Labute approximate surface area is 130 Å². The topological polar surface area (TPSA) is 82.7 Å². The molecule has 1 aliphatic heterocycles. The van der Waals surface area contributed by atoms with Crippen LogP contribution in [0.3, 0.4) is 0 Å². The van der Waals surface area contributed by atoms with Crippen molar-refractivity contribution in [2.75, 3.05) is 26.7 Å². The molecule has 2 aliphatic rings. The fourth-order valence-electron chi connectivity index (χ4n) is 2.88. The molecule has 7 heteroatoms. The molecule has 1 saturated heterocycles. The van der Waals surface area contributed by atoms with Gasteiger partial charge in [0.25, 0.3) is 0 Å². The minimum absolute atomic E-state index is 0.0909. The van der Waals surface area contributed by atoms with Crippen molar-refractivity contribution in [3.63, 3.8) is 0 Å². The molecule has 3 rings (SSSR count). The summed E-state index contributed by atoms with van der Waals surface area (Å²) >= 11 is 0. The summed E-state index contributed by atoms with van der Waals surface area (Å²) in [6, 6.07) is 0. The van der Waals surface area contributed by atoms with Gasteiger partial charge in [0.1, 0.15) is 0 Å². The Hall–Kier alpha value is -1.47. The molecule has 0 bridgehead atoms. The van der Waals surface area contributed by atoms with Crippen LogP contribution in [0.25, 0.3) is 0 Å². The van der Waals surface area contributed by atoms with Crippen LogP contribution in [0.15, 0.2) is 4.42 Å². The van der Waals surface area contributed by atoms with Crippen molar-refractivity contribution in [1.29, 1.82) is 0 Å². The number of likely N-dealkylation sites (N-methyl/N-ethyl adjacent to an activating group) is 1. The van der Waals surface area contributed by atoms with E-state index in [1.807, 2.05) is 16.8 Å². The predicted molar refractivity (Wildman–Crippen MR) is 79.0 cm³/mol. The van der Waals surface area contributed by atoms with Crippen molar-refractivity contribution in [2.24, 2.45) is 0 Å². The van der Waals surface area contributed by atoms with Crippen molar-refractivity contribution in [3.05, 3.63) is 11.8 Å². The molecule has 0 radical (unpaired) electrons. The predicted octanol–water partition coefficient (Wildman–Crippen LogP) is 0.752. The Kier molecular flexibility index (Phi) is 4.73. The van der Waals surface area contributed by atoms with Crippen LogP contribution in [0.1, 0.15) is 49.8 Å². The highest BCUT2D eigenvalue weighted by atomic mass is 16.4. The number of aliphatic hydroxyl groups is 1. The molecule has 0 spiro atoms. The zero-order valence-corrected chi connectivity index (χ0v) is 13.1. The molecule has 1 N–H and O–H groups in total. The number of hydrogen-bond donors (Lipinski definition) is 1. The van der Waals surface area contributed by atoms with Gasteiger partial charge in [0.2, 0.25) is 17.7 Å². The first kappa shape index (κ1) is 15.4. The maximum Gasteiger partial charge on any atom is 0.236 e. The molecular formula is C15H24N4O3. The summed E-state index contributed by atoms with van der Waals surface area (Å²) in [5.74, 6) is 1.85. The van der Waals surface area contributed by atoms with E-state index in [0.29, 0.717) is 50.8 Å².